The Bertz CT molecular complexity index is 2410. The Hall–Kier alpha value is -5.71. The van der Waals surface area contributed by atoms with Crippen LogP contribution in [-0.4, -0.2) is 59.0 Å². The van der Waals surface area contributed by atoms with Gasteiger partial charge in [-0.25, -0.2) is 33.0 Å². The molecule has 7 rings (SSSR count). The van der Waals surface area contributed by atoms with E-state index in [-0.39, 0.29) is 18.5 Å². The van der Waals surface area contributed by atoms with E-state index < -0.39 is 34.9 Å². The Kier molecular flexibility index (Phi) is 8.97. The smallest absolute Gasteiger partial charge is 0.347 e. The summed E-state index contributed by atoms with van der Waals surface area (Å²) in [7, 11) is 0. The summed E-state index contributed by atoms with van der Waals surface area (Å²) < 4.78 is 37.5. The second kappa shape index (κ2) is 13.5. The number of aryl methyl sites for hydroxylation is 3. The molecule has 2 aromatic carbocycles. The van der Waals surface area contributed by atoms with Crippen LogP contribution < -0.4 is 11.0 Å². The number of H-pyrrole nitrogens is 1. The van der Waals surface area contributed by atoms with Crippen molar-refractivity contribution in [1.82, 2.24) is 34.4 Å². The second-order valence-corrected chi connectivity index (χ2v) is 13.0. The van der Waals surface area contributed by atoms with E-state index in [0.29, 0.717) is 59.9 Å². The highest BCUT2D eigenvalue weighted by molar-refractivity contribution is 5.82. The lowest BCUT2D eigenvalue weighted by Gasteiger charge is -2.26. The normalized spacial score (nSPS) is 14.7. The SMILES string of the molecule is Cc1cc2ncn(CC(=O)N[C@@H](Cc3cc(F)cc(F)c3)c3nc(C#CC4(O)CCOCC4)ccc3-c3ccc4n[nH]c(=O)n4c3C)c2cc1C. The first-order valence-electron chi connectivity index (χ1n) is 16.5. The van der Waals surface area contributed by atoms with Gasteiger partial charge in [-0.15, -0.1) is 0 Å². The van der Waals surface area contributed by atoms with Crippen LogP contribution in [0.2, 0.25) is 0 Å². The molecule has 0 spiro atoms. The topological polar surface area (TPSA) is 139 Å². The number of amides is 1. The molecule has 0 aliphatic carbocycles. The molecule has 11 nitrogen and oxygen atoms in total. The summed E-state index contributed by atoms with van der Waals surface area (Å²) in [5.74, 6) is 4.03. The lowest BCUT2D eigenvalue weighted by atomic mass is 9.93. The number of ether oxygens (including phenoxy) is 1. The third-order valence-electron chi connectivity index (χ3n) is 9.36. The van der Waals surface area contributed by atoms with Crippen LogP contribution in [0.25, 0.3) is 27.8 Å². The molecular weight excluding hydrogens is 656 g/mol. The van der Waals surface area contributed by atoms with Gasteiger partial charge in [-0.05, 0) is 98.3 Å². The van der Waals surface area contributed by atoms with Crippen LogP contribution in [-0.2, 0) is 22.5 Å². The molecular formula is C38H35F2N7O4. The molecule has 1 atom stereocenters. The highest BCUT2D eigenvalue weighted by Crippen LogP contribution is 2.32. The molecule has 3 N–H and O–H groups in total. The van der Waals surface area contributed by atoms with Crippen molar-refractivity contribution in [3.05, 3.63) is 117 Å². The Labute approximate surface area is 291 Å². The summed E-state index contributed by atoms with van der Waals surface area (Å²) in [6.45, 7) is 6.41. The van der Waals surface area contributed by atoms with Gasteiger partial charge in [0.1, 0.15) is 29.5 Å². The fourth-order valence-electron chi connectivity index (χ4n) is 6.50. The first-order chi connectivity index (χ1) is 24.5. The maximum Gasteiger partial charge on any atom is 0.347 e. The van der Waals surface area contributed by atoms with Crippen LogP contribution in [0.3, 0.4) is 0 Å². The minimum atomic E-state index is -1.25. The fraction of sp³-hybridized carbons (Fsp3) is 0.289. The number of imidazole rings is 1. The van der Waals surface area contributed by atoms with Crippen molar-refractivity contribution in [2.45, 2.75) is 58.2 Å². The van der Waals surface area contributed by atoms with Crippen LogP contribution >= 0.6 is 0 Å². The first kappa shape index (κ1) is 33.8. The monoisotopic (exact) mass is 691 g/mol. The lowest BCUT2D eigenvalue weighted by Crippen LogP contribution is -2.34. The number of pyridine rings is 2. The van der Waals surface area contributed by atoms with E-state index in [1.807, 2.05) is 26.0 Å². The third kappa shape index (κ3) is 7.01. The maximum atomic E-state index is 14.5. The zero-order valence-corrected chi connectivity index (χ0v) is 28.3. The Morgan fingerprint density at radius 2 is 1.76 bits per heavy atom. The van der Waals surface area contributed by atoms with Crippen molar-refractivity contribution in [3.8, 4) is 23.0 Å². The van der Waals surface area contributed by atoms with Crippen LogP contribution in [0.1, 0.15) is 52.7 Å². The number of halogens is 2. The fourth-order valence-corrected chi connectivity index (χ4v) is 6.50. The van der Waals surface area contributed by atoms with E-state index in [2.05, 4.69) is 32.3 Å². The molecule has 0 saturated carbocycles. The minimum Gasteiger partial charge on any atom is -0.381 e. The molecule has 260 valence electrons. The summed E-state index contributed by atoms with van der Waals surface area (Å²) in [6.07, 6.45) is 2.25. The number of aliphatic hydroxyl groups is 1. The Balaban J connectivity index is 1.35. The van der Waals surface area contributed by atoms with Crippen LogP contribution in [0, 0.1) is 44.2 Å². The summed E-state index contributed by atoms with van der Waals surface area (Å²) >= 11 is 0. The van der Waals surface area contributed by atoms with Gasteiger partial charge in [0.25, 0.3) is 0 Å². The number of nitrogens with zero attached hydrogens (tertiary/aromatic N) is 5. The number of aromatic nitrogens is 6. The van der Waals surface area contributed by atoms with Gasteiger partial charge >= 0.3 is 5.69 Å². The highest BCUT2D eigenvalue weighted by atomic mass is 19.1. The largest absolute Gasteiger partial charge is 0.381 e. The third-order valence-corrected chi connectivity index (χ3v) is 9.36. The molecule has 13 heteroatoms. The molecule has 0 radical (unpaired) electrons. The summed E-state index contributed by atoms with van der Waals surface area (Å²) in [5, 5.41) is 20.6. The van der Waals surface area contributed by atoms with E-state index in [1.54, 1.807) is 42.1 Å². The molecule has 1 saturated heterocycles. The van der Waals surface area contributed by atoms with Crippen LogP contribution in [0.15, 0.2) is 65.7 Å². The minimum absolute atomic E-state index is 0.0332. The Morgan fingerprint density at radius 1 is 1.04 bits per heavy atom. The van der Waals surface area contributed by atoms with E-state index in [1.165, 1.54) is 16.5 Å². The number of carbonyl (C=O) groups excluding carboxylic acids is 1. The number of nitrogens with one attached hydrogen (secondary N) is 2. The van der Waals surface area contributed by atoms with Crippen molar-refractivity contribution < 1.29 is 23.4 Å². The number of aromatic amines is 1. The van der Waals surface area contributed by atoms with E-state index >= 15 is 0 Å². The van der Waals surface area contributed by atoms with Gasteiger partial charge in [-0.2, -0.15) is 5.10 Å². The van der Waals surface area contributed by atoms with E-state index in [9.17, 15) is 23.5 Å². The molecule has 0 unspecified atom stereocenters. The highest BCUT2D eigenvalue weighted by Gasteiger charge is 2.28. The molecule has 1 fully saturated rings. The summed E-state index contributed by atoms with van der Waals surface area (Å²) in [5.41, 5.74) is 5.08. The number of rotatable bonds is 7. The van der Waals surface area contributed by atoms with Crippen LogP contribution in [0.5, 0.6) is 0 Å². The van der Waals surface area contributed by atoms with Crippen molar-refractivity contribution in [2.24, 2.45) is 0 Å². The quantitative estimate of drug-likeness (QED) is 0.208. The van der Waals surface area contributed by atoms with Gasteiger partial charge in [0.05, 0.1) is 42.3 Å². The average molecular weight is 692 g/mol. The molecule has 1 aliphatic heterocycles. The van der Waals surface area contributed by atoms with Gasteiger partial charge in [0.2, 0.25) is 5.91 Å². The van der Waals surface area contributed by atoms with Gasteiger partial charge in [0.15, 0.2) is 5.65 Å². The van der Waals surface area contributed by atoms with Crippen molar-refractivity contribution >= 4 is 22.6 Å². The van der Waals surface area contributed by atoms with Crippen molar-refractivity contribution in [1.29, 1.82) is 0 Å². The number of carbonyl (C=O) groups is 1. The summed E-state index contributed by atoms with van der Waals surface area (Å²) in [6, 6.07) is 13.2. The molecule has 51 heavy (non-hydrogen) atoms. The van der Waals surface area contributed by atoms with Crippen molar-refractivity contribution in [3.63, 3.8) is 0 Å². The van der Waals surface area contributed by atoms with Crippen molar-refractivity contribution in [2.75, 3.05) is 13.2 Å². The number of fused-ring (bicyclic) bond motifs is 2. The first-order valence-corrected chi connectivity index (χ1v) is 16.5. The zero-order valence-electron chi connectivity index (χ0n) is 28.3. The van der Waals surface area contributed by atoms with E-state index in [0.717, 1.165) is 28.2 Å². The van der Waals surface area contributed by atoms with Crippen LogP contribution in [0.4, 0.5) is 8.78 Å². The summed E-state index contributed by atoms with van der Waals surface area (Å²) in [4.78, 5) is 36.0. The second-order valence-electron chi connectivity index (χ2n) is 13.0. The molecule has 4 aromatic heterocycles. The molecule has 5 heterocycles. The van der Waals surface area contributed by atoms with Gasteiger partial charge in [-0.3, -0.25) is 4.79 Å². The van der Waals surface area contributed by atoms with Gasteiger partial charge in [-0.1, -0.05) is 5.92 Å². The lowest BCUT2D eigenvalue weighted by molar-refractivity contribution is -0.122. The molecule has 1 amide bonds. The predicted octanol–water partition coefficient (Wildman–Crippen LogP) is 4.63. The molecule has 6 aromatic rings. The molecule has 0 bridgehead atoms. The maximum absolute atomic E-state index is 14.5. The Morgan fingerprint density at radius 3 is 2.53 bits per heavy atom. The van der Waals surface area contributed by atoms with Gasteiger partial charge in [0, 0.05) is 35.7 Å². The van der Waals surface area contributed by atoms with Gasteiger partial charge < -0.3 is 19.7 Å². The average Bonchev–Trinajstić information content (AvgIpc) is 3.66. The number of hydrogen-bond acceptors (Lipinski definition) is 7. The van der Waals surface area contributed by atoms with E-state index in [4.69, 9.17) is 9.72 Å². The standard InChI is InChI=1S/C38H35F2N7O4/c1-22-14-31-33(15-23(22)2)46(21-41-31)20-35(48)43-32(18-25-16-26(39)19-27(40)17-25)36-30(29-6-7-34-44-45-37(49)47(34)24(29)3)5-4-28(42-36)8-9-38(50)10-12-51-13-11-38/h4-7,14-17,19,21,32,50H,10-13,18,20H2,1-3H3,(H,43,48)(H,45,49)/t32-/m0/s1. The number of hydrogen-bond donors (Lipinski definition) is 3. The predicted molar refractivity (Wildman–Crippen MR) is 186 cm³/mol. The zero-order chi connectivity index (χ0) is 35.9. The number of benzene rings is 2. The molecule has 1 aliphatic rings.